The maximum absolute atomic E-state index is 11.9. The smallest absolute Gasteiger partial charge is 0.268 e. The van der Waals surface area contributed by atoms with Gasteiger partial charge < -0.3 is 0 Å². The van der Waals surface area contributed by atoms with Gasteiger partial charge in [0, 0.05) is 18.7 Å². The summed E-state index contributed by atoms with van der Waals surface area (Å²) in [7, 11) is 1.70. The zero-order chi connectivity index (χ0) is 17.0. The van der Waals surface area contributed by atoms with Crippen molar-refractivity contribution in [1.29, 1.82) is 0 Å². The molecule has 0 aliphatic heterocycles. The van der Waals surface area contributed by atoms with Crippen LogP contribution >= 0.6 is 23.2 Å². The Balaban J connectivity index is 1.96. The number of hydrogen-bond donors (Lipinski definition) is 2. The largest absolute Gasteiger partial charge is 0.271 e. The van der Waals surface area contributed by atoms with Crippen LogP contribution in [0.3, 0.4) is 0 Å². The van der Waals surface area contributed by atoms with Crippen LogP contribution < -0.4 is 10.9 Å². The van der Waals surface area contributed by atoms with Gasteiger partial charge in [-0.15, -0.1) is 0 Å². The number of carbonyl (C=O) groups is 2. The first-order valence-electron chi connectivity index (χ1n) is 6.62. The highest BCUT2D eigenvalue weighted by molar-refractivity contribution is 6.33. The number of halogens is 2. The predicted molar refractivity (Wildman–Crippen MR) is 89.0 cm³/mol. The lowest BCUT2D eigenvalue weighted by atomic mass is 10.2. The molecule has 2 rings (SSSR count). The third kappa shape index (κ3) is 4.12. The van der Waals surface area contributed by atoms with Gasteiger partial charge >= 0.3 is 0 Å². The molecular weight excluding hydrogens is 339 g/mol. The molecule has 120 valence electrons. The molecule has 8 heteroatoms. The van der Waals surface area contributed by atoms with Crippen molar-refractivity contribution in [1.82, 2.24) is 20.6 Å². The summed E-state index contributed by atoms with van der Waals surface area (Å²) in [5, 5.41) is 4.85. The van der Waals surface area contributed by atoms with E-state index in [-0.39, 0.29) is 5.56 Å². The fraction of sp³-hybridized carbons (Fsp3) is 0.133. The van der Waals surface area contributed by atoms with E-state index in [9.17, 15) is 9.59 Å². The standard InChI is InChI=1S/C15H14Cl2N4O2/c1-9-10(14(17)21(2)20-9)7-8-13(22)18-19-15(23)11-5-3-4-6-12(11)16/h3-8H,1-2H3,(H,18,22)(H,19,23)/b8-7+. The molecule has 0 saturated carbocycles. The average Bonchev–Trinajstić information content (AvgIpc) is 2.76. The molecule has 0 spiro atoms. The highest BCUT2D eigenvalue weighted by Crippen LogP contribution is 2.19. The van der Waals surface area contributed by atoms with E-state index >= 15 is 0 Å². The number of hydrogen-bond acceptors (Lipinski definition) is 3. The van der Waals surface area contributed by atoms with Gasteiger partial charge in [0.05, 0.1) is 16.3 Å². The number of carbonyl (C=O) groups excluding carboxylic acids is 2. The maximum Gasteiger partial charge on any atom is 0.271 e. The number of rotatable bonds is 3. The number of amides is 2. The van der Waals surface area contributed by atoms with E-state index < -0.39 is 11.8 Å². The molecule has 1 aromatic heterocycles. The number of aromatic nitrogens is 2. The Morgan fingerprint density at radius 3 is 2.52 bits per heavy atom. The molecule has 6 nitrogen and oxygen atoms in total. The molecule has 2 N–H and O–H groups in total. The number of benzene rings is 1. The monoisotopic (exact) mass is 352 g/mol. The number of hydrazine groups is 1. The third-order valence-electron chi connectivity index (χ3n) is 3.02. The molecule has 0 fully saturated rings. The van der Waals surface area contributed by atoms with Crippen molar-refractivity contribution in [2.75, 3.05) is 0 Å². The molecule has 2 amide bonds. The van der Waals surface area contributed by atoms with E-state index in [2.05, 4.69) is 16.0 Å². The number of aryl methyl sites for hydroxylation is 2. The summed E-state index contributed by atoms with van der Waals surface area (Å²) in [6.07, 6.45) is 2.78. The number of nitrogens with one attached hydrogen (secondary N) is 2. The highest BCUT2D eigenvalue weighted by Gasteiger charge is 2.10. The highest BCUT2D eigenvalue weighted by atomic mass is 35.5. The van der Waals surface area contributed by atoms with Crippen LogP contribution in [0.4, 0.5) is 0 Å². The summed E-state index contributed by atoms with van der Waals surface area (Å²) in [5.74, 6) is -1.02. The first-order valence-corrected chi connectivity index (χ1v) is 7.37. The normalized spacial score (nSPS) is 10.8. The molecule has 0 aliphatic rings. The van der Waals surface area contributed by atoms with Crippen molar-refractivity contribution in [3.05, 3.63) is 57.3 Å². The second kappa shape index (κ2) is 7.30. The quantitative estimate of drug-likeness (QED) is 0.658. The van der Waals surface area contributed by atoms with Crippen molar-refractivity contribution in [3.63, 3.8) is 0 Å². The van der Waals surface area contributed by atoms with Gasteiger partial charge in [-0.25, -0.2) is 0 Å². The summed E-state index contributed by atoms with van der Waals surface area (Å²) in [4.78, 5) is 23.6. The molecule has 0 saturated heterocycles. The second-order valence-corrected chi connectivity index (χ2v) is 5.44. The molecule has 0 unspecified atom stereocenters. The maximum atomic E-state index is 11.9. The fourth-order valence-corrected chi connectivity index (χ4v) is 2.33. The van der Waals surface area contributed by atoms with Crippen molar-refractivity contribution in [2.24, 2.45) is 7.05 Å². The molecular formula is C15H14Cl2N4O2. The van der Waals surface area contributed by atoms with E-state index in [4.69, 9.17) is 23.2 Å². The SMILES string of the molecule is Cc1nn(C)c(Cl)c1/C=C/C(=O)NNC(=O)c1ccccc1Cl. The lowest BCUT2D eigenvalue weighted by molar-refractivity contribution is -0.117. The molecule has 0 atom stereocenters. The van der Waals surface area contributed by atoms with Crippen LogP contribution in [0.2, 0.25) is 10.2 Å². The molecule has 1 heterocycles. The van der Waals surface area contributed by atoms with Crippen LogP contribution in [0.5, 0.6) is 0 Å². The van der Waals surface area contributed by atoms with E-state index in [1.807, 2.05) is 0 Å². The van der Waals surface area contributed by atoms with E-state index in [0.29, 0.717) is 21.4 Å². The van der Waals surface area contributed by atoms with Gasteiger partial charge in [0.15, 0.2) is 0 Å². The summed E-state index contributed by atoms with van der Waals surface area (Å²) in [5.41, 5.74) is 6.16. The Morgan fingerprint density at radius 1 is 1.22 bits per heavy atom. The Labute approximate surface area is 143 Å². The molecule has 0 aliphatic carbocycles. The molecule has 0 radical (unpaired) electrons. The minimum absolute atomic E-state index is 0.268. The van der Waals surface area contributed by atoms with Crippen molar-refractivity contribution < 1.29 is 9.59 Å². The van der Waals surface area contributed by atoms with Gasteiger partial charge in [-0.2, -0.15) is 5.10 Å². The van der Waals surface area contributed by atoms with Crippen LogP contribution in [0.15, 0.2) is 30.3 Å². The van der Waals surface area contributed by atoms with Crippen molar-refractivity contribution in [2.45, 2.75) is 6.92 Å². The van der Waals surface area contributed by atoms with E-state index in [0.717, 1.165) is 0 Å². The van der Waals surface area contributed by atoms with Crippen LogP contribution in [-0.4, -0.2) is 21.6 Å². The van der Waals surface area contributed by atoms with Gasteiger partial charge in [0.1, 0.15) is 5.15 Å². The summed E-state index contributed by atoms with van der Waals surface area (Å²) < 4.78 is 1.51. The minimum atomic E-state index is -0.510. The van der Waals surface area contributed by atoms with Gasteiger partial charge in [-0.1, -0.05) is 35.3 Å². The lowest BCUT2D eigenvalue weighted by Crippen LogP contribution is -2.40. The molecule has 1 aromatic carbocycles. The third-order valence-corrected chi connectivity index (χ3v) is 3.79. The van der Waals surface area contributed by atoms with Gasteiger partial charge in [-0.05, 0) is 25.1 Å². The average molecular weight is 353 g/mol. The van der Waals surface area contributed by atoms with Crippen LogP contribution in [-0.2, 0) is 11.8 Å². The lowest BCUT2D eigenvalue weighted by Gasteiger charge is -2.06. The predicted octanol–water partition coefficient (Wildman–Crippen LogP) is 2.51. The van der Waals surface area contributed by atoms with Gasteiger partial charge in [0.25, 0.3) is 11.8 Å². The summed E-state index contributed by atoms with van der Waals surface area (Å²) in [6.45, 7) is 1.78. The Hall–Kier alpha value is -2.31. The Bertz CT molecular complexity index is 784. The molecule has 0 bridgehead atoms. The first-order chi connectivity index (χ1) is 10.9. The zero-order valence-corrected chi connectivity index (χ0v) is 13.9. The van der Waals surface area contributed by atoms with Crippen LogP contribution in [0, 0.1) is 6.92 Å². The van der Waals surface area contributed by atoms with Crippen LogP contribution in [0.1, 0.15) is 21.6 Å². The Morgan fingerprint density at radius 2 is 1.91 bits per heavy atom. The van der Waals surface area contributed by atoms with E-state index in [1.54, 1.807) is 38.2 Å². The Kier molecular flexibility index (Phi) is 5.41. The summed E-state index contributed by atoms with van der Waals surface area (Å²) >= 11 is 12.0. The van der Waals surface area contributed by atoms with Crippen molar-refractivity contribution in [3.8, 4) is 0 Å². The molecule has 23 heavy (non-hydrogen) atoms. The minimum Gasteiger partial charge on any atom is -0.268 e. The van der Waals surface area contributed by atoms with Gasteiger partial charge in [-0.3, -0.25) is 25.1 Å². The fourth-order valence-electron chi connectivity index (χ4n) is 1.87. The first kappa shape index (κ1) is 17.1. The zero-order valence-electron chi connectivity index (χ0n) is 12.4. The summed E-state index contributed by atoms with van der Waals surface area (Å²) in [6, 6.07) is 6.53. The van der Waals surface area contributed by atoms with Crippen LogP contribution in [0.25, 0.3) is 6.08 Å². The van der Waals surface area contributed by atoms with Gasteiger partial charge in [0.2, 0.25) is 0 Å². The topological polar surface area (TPSA) is 76.0 Å². The number of nitrogens with zero attached hydrogens (tertiary/aromatic N) is 2. The second-order valence-electron chi connectivity index (χ2n) is 4.67. The van der Waals surface area contributed by atoms with Crippen molar-refractivity contribution >= 4 is 41.1 Å². The van der Waals surface area contributed by atoms with E-state index in [1.165, 1.54) is 16.8 Å². The molecule has 2 aromatic rings.